The normalized spacial score (nSPS) is 12.7. The topological polar surface area (TPSA) is 43.8 Å². The lowest BCUT2D eigenvalue weighted by atomic mass is 10.1. The first-order valence-corrected chi connectivity index (χ1v) is 6.16. The molecule has 19 heavy (non-hydrogen) atoms. The molecule has 2 aromatic carbocycles. The lowest BCUT2D eigenvalue weighted by Crippen LogP contribution is -2.19. The van der Waals surface area contributed by atoms with Crippen molar-refractivity contribution in [3.8, 4) is 0 Å². The van der Waals surface area contributed by atoms with Crippen molar-refractivity contribution >= 4 is 10.9 Å². The maximum atomic E-state index is 13.7. The van der Waals surface area contributed by atoms with Gasteiger partial charge in [-0.2, -0.15) is 5.10 Å². The molecule has 0 saturated carbocycles. The van der Waals surface area contributed by atoms with E-state index in [4.69, 9.17) is 5.73 Å². The minimum atomic E-state index is -0.412. The Hall–Kier alpha value is -2.20. The molecular weight excluding hydrogens is 241 g/mol. The molecule has 0 saturated heterocycles. The Morgan fingerprint density at radius 3 is 2.68 bits per heavy atom. The van der Waals surface area contributed by atoms with Crippen molar-refractivity contribution in [3.63, 3.8) is 0 Å². The molecule has 3 rings (SSSR count). The summed E-state index contributed by atoms with van der Waals surface area (Å²) >= 11 is 0. The summed E-state index contributed by atoms with van der Waals surface area (Å²) in [4.78, 5) is 0. The van der Waals surface area contributed by atoms with Gasteiger partial charge < -0.3 is 5.73 Å². The predicted molar refractivity (Wildman–Crippen MR) is 73.1 cm³/mol. The molecule has 2 N–H and O–H groups in total. The molecule has 96 valence electrons. The monoisotopic (exact) mass is 255 g/mol. The number of halogens is 1. The van der Waals surface area contributed by atoms with Crippen molar-refractivity contribution in [3.05, 3.63) is 66.1 Å². The Labute approximate surface area is 110 Å². The molecule has 0 spiro atoms. The van der Waals surface area contributed by atoms with E-state index in [0.717, 1.165) is 10.9 Å². The molecule has 0 aliphatic heterocycles. The van der Waals surface area contributed by atoms with Crippen LogP contribution < -0.4 is 5.73 Å². The van der Waals surface area contributed by atoms with Crippen LogP contribution in [0.1, 0.15) is 11.6 Å². The second kappa shape index (κ2) is 4.82. The highest BCUT2D eigenvalue weighted by molar-refractivity contribution is 5.78. The van der Waals surface area contributed by atoms with Gasteiger partial charge in [0.15, 0.2) is 0 Å². The van der Waals surface area contributed by atoms with E-state index >= 15 is 0 Å². The van der Waals surface area contributed by atoms with E-state index in [1.165, 1.54) is 6.07 Å². The lowest BCUT2D eigenvalue weighted by Gasteiger charge is -2.13. The summed E-state index contributed by atoms with van der Waals surface area (Å²) in [6, 6.07) is 14.1. The van der Waals surface area contributed by atoms with Crippen LogP contribution in [0.25, 0.3) is 10.9 Å². The van der Waals surface area contributed by atoms with E-state index in [2.05, 4.69) is 5.10 Å². The molecule has 1 unspecified atom stereocenters. The molecule has 0 radical (unpaired) electrons. The van der Waals surface area contributed by atoms with Gasteiger partial charge >= 0.3 is 0 Å². The average Bonchev–Trinajstić information content (AvgIpc) is 2.83. The van der Waals surface area contributed by atoms with Crippen LogP contribution in [0.4, 0.5) is 4.39 Å². The summed E-state index contributed by atoms with van der Waals surface area (Å²) in [5.41, 5.74) is 7.60. The van der Waals surface area contributed by atoms with Crippen LogP contribution in [0.3, 0.4) is 0 Å². The number of aromatic nitrogens is 2. The first-order valence-electron chi connectivity index (χ1n) is 6.16. The predicted octanol–water partition coefficient (Wildman–Crippen LogP) is 2.88. The maximum Gasteiger partial charge on any atom is 0.128 e. The third-order valence-electron chi connectivity index (χ3n) is 3.23. The van der Waals surface area contributed by atoms with Gasteiger partial charge in [-0.15, -0.1) is 0 Å². The number of hydrogen-bond acceptors (Lipinski definition) is 2. The summed E-state index contributed by atoms with van der Waals surface area (Å²) in [6.07, 6.45) is 1.80. The molecule has 0 amide bonds. The van der Waals surface area contributed by atoms with Gasteiger partial charge in [-0.25, -0.2) is 4.39 Å². The van der Waals surface area contributed by atoms with Gasteiger partial charge in [-0.1, -0.05) is 36.4 Å². The third kappa shape index (κ3) is 2.22. The second-order valence-corrected chi connectivity index (χ2v) is 4.51. The fourth-order valence-electron chi connectivity index (χ4n) is 2.23. The van der Waals surface area contributed by atoms with Crippen molar-refractivity contribution in [2.45, 2.75) is 12.6 Å². The SMILES string of the molecule is NC(Cn1ncc2ccccc21)c1ccccc1F. The first kappa shape index (κ1) is 11.9. The maximum absolute atomic E-state index is 13.7. The van der Waals surface area contributed by atoms with E-state index in [1.54, 1.807) is 24.4 Å². The summed E-state index contributed by atoms with van der Waals surface area (Å²) in [5.74, 6) is -0.272. The highest BCUT2D eigenvalue weighted by atomic mass is 19.1. The van der Waals surface area contributed by atoms with Gasteiger partial charge in [0.25, 0.3) is 0 Å². The third-order valence-corrected chi connectivity index (χ3v) is 3.23. The molecule has 0 aliphatic carbocycles. The van der Waals surface area contributed by atoms with Gasteiger partial charge in [0, 0.05) is 10.9 Å². The van der Waals surface area contributed by atoms with Crippen LogP contribution in [-0.2, 0) is 6.54 Å². The van der Waals surface area contributed by atoms with E-state index in [9.17, 15) is 4.39 Å². The summed E-state index contributed by atoms with van der Waals surface area (Å²) in [6.45, 7) is 0.453. The molecule has 1 atom stereocenters. The van der Waals surface area contributed by atoms with Crippen molar-refractivity contribution < 1.29 is 4.39 Å². The Morgan fingerprint density at radius 1 is 1.11 bits per heavy atom. The second-order valence-electron chi connectivity index (χ2n) is 4.51. The summed E-state index contributed by atoms with van der Waals surface area (Å²) < 4.78 is 15.5. The minimum absolute atomic E-state index is 0.272. The number of nitrogens with zero attached hydrogens (tertiary/aromatic N) is 2. The molecule has 4 heteroatoms. The van der Waals surface area contributed by atoms with Crippen LogP contribution >= 0.6 is 0 Å². The van der Waals surface area contributed by atoms with Crippen LogP contribution in [-0.4, -0.2) is 9.78 Å². The zero-order valence-corrected chi connectivity index (χ0v) is 10.3. The van der Waals surface area contributed by atoms with Gasteiger partial charge in [-0.3, -0.25) is 4.68 Å². The molecule has 0 aliphatic rings. The van der Waals surface area contributed by atoms with Crippen molar-refractivity contribution in [1.82, 2.24) is 9.78 Å². The van der Waals surface area contributed by atoms with Gasteiger partial charge in [0.1, 0.15) is 5.82 Å². The number of nitrogens with two attached hydrogens (primary N) is 1. The van der Waals surface area contributed by atoms with Crippen LogP contribution in [0.5, 0.6) is 0 Å². The van der Waals surface area contributed by atoms with Crippen LogP contribution in [0.2, 0.25) is 0 Å². The van der Waals surface area contributed by atoms with Crippen LogP contribution in [0, 0.1) is 5.82 Å². The smallest absolute Gasteiger partial charge is 0.128 e. The first-order chi connectivity index (χ1) is 9.25. The lowest BCUT2D eigenvalue weighted by molar-refractivity contribution is 0.511. The Morgan fingerprint density at radius 2 is 1.84 bits per heavy atom. The number of benzene rings is 2. The molecule has 0 fully saturated rings. The molecular formula is C15H14FN3. The zero-order valence-electron chi connectivity index (χ0n) is 10.3. The number of hydrogen-bond donors (Lipinski definition) is 1. The summed E-state index contributed by atoms with van der Waals surface area (Å²) in [7, 11) is 0. The number of fused-ring (bicyclic) bond motifs is 1. The van der Waals surface area contributed by atoms with Gasteiger partial charge in [-0.05, 0) is 12.1 Å². The number of rotatable bonds is 3. The van der Waals surface area contributed by atoms with Gasteiger partial charge in [0.2, 0.25) is 0 Å². The zero-order chi connectivity index (χ0) is 13.2. The minimum Gasteiger partial charge on any atom is -0.322 e. The van der Waals surface area contributed by atoms with E-state index in [0.29, 0.717) is 12.1 Å². The van der Waals surface area contributed by atoms with E-state index < -0.39 is 6.04 Å². The Bertz CT molecular complexity index is 705. The Kier molecular flexibility index (Phi) is 3.01. The molecule has 1 aromatic heterocycles. The average molecular weight is 255 g/mol. The highest BCUT2D eigenvalue weighted by Gasteiger charge is 2.13. The molecule has 0 bridgehead atoms. The Balaban J connectivity index is 1.91. The van der Waals surface area contributed by atoms with Crippen molar-refractivity contribution in [2.24, 2.45) is 5.73 Å². The van der Waals surface area contributed by atoms with Crippen LogP contribution in [0.15, 0.2) is 54.7 Å². The molecule has 1 heterocycles. The van der Waals surface area contributed by atoms with Gasteiger partial charge in [0.05, 0.1) is 24.3 Å². The highest BCUT2D eigenvalue weighted by Crippen LogP contribution is 2.19. The van der Waals surface area contributed by atoms with Crippen molar-refractivity contribution in [1.29, 1.82) is 0 Å². The largest absolute Gasteiger partial charge is 0.322 e. The van der Waals surface area contributed by atoms with E-state index in [1.807, 2.05) is 28.9 Å². The fraction of sp³-hybridized carbons (Fsp3) is 0.133. The summed E-state index contributed by atoms with van der Waals surface area (Å²) in [5, 5.41) is 5.36. The molecule has 3 aromatic rings. The number of para-hydroxylation sites is 1. The van der Waals surface area contributed by atoms with E-state index in [-0.39, 0.29) is 5.82 Å². The fourth-order valence-corrected chi connectivity index (χ4v) is 2.23. The molecule has 3 nitrogen and oxygen atoms in total. The van der Waals surface area contributed by atoms with Crippen molar-refractivity contribution in [2.75, 3.05) is 0 Å². The standard InChI is InChI=1S/C15H14FN3/c16-13-7-3-2-6-12(13)14(17)10-19-15-8-4-1-5-11(15)9-18-19/h1-9,14H,10,17H2. The quantitative estimate of drug-likeness (QED) is 0.782.